The molecule has 0 atom stereocenters. The van der Waals surface area contributed by atoms with Gasteiger partial charge in [-0.3, -0.25) is 0 Å². The average Bonchev–Trinajstić information content (AvgIpc) is 2.51. The van der Waals surface area contributed by atoms with Gasteiger partial charge in [0.1, 0.15) is 0 Å². The third-order valence-electron chi connectivity index (χ3n) is 3.08. The van der Waals surface area contributed by atoms with Crippen LogP contribution < -0.4 is 10.6 Å². The summed E-state index contributed by atoms with van der Waals surface area (Å²) >= 11 is 12.1. The number of hydrogen-bond donors (Lipinski definition) is 2. The second kappa shape index (κ2) is 6.81. The highest BCUT2D eigenvalue weighted by molar-refractivity contribution is 6.31. The van der Waals surface area contributed by atoms with E-state index < -0.39 is 0 Å². The number of aryl methyl sites for hydroxylation is 1. The Morgan fingerprint density at radius 3 is 2.57 bits per heavy atom. The number of halogens is 2. The molecule has 0 bridgehead atoms. The van der Waals surface area contributed by atoms with Crippen molar-refractivity contribution in [2.24, 2.45) is 0 Å². The monoisotopic (exact) mass is 345 g/mol. The van der Waals surface area contributed by atoms with Gasteiger partial charge < -0.3 is 10.6 Å². The fourth-order valence-electron chi connectivity index (χ4n) is 1.93. The lowest BCUT2D eigenvalue weighted by atomic mass is 10.2. The van der Waals surface area contributed by atoms with E-state index in [0.29, 0.717) is 21.8 Å². The molecule has 116 valence electrons. The molecule has 0 unspecified atom stereocenters. The Kier molecular flexibility index (Phi) is 4.60. The lowest BCUT2D eigenvalue weighted by Crippen LogP contribution is -2.02. The summed E-state index contributed by atoms with van der Waals surface area (Å²) in [6.45, 7) is 1.95. The number of hydrogen-bond acceptors (Lipinski definition) is 5. The molecular weight excluding hydrogens is 333 g/mol. The molecule has 0 aliphatic carbocycles. The van der Waals surface area contributed by atoms with E-state index in [9.17, 15) is 0 Å². The predicted molar refractivity (Wildman–Crippen MR) is 94.0 cm³/mol. The number of rotatable bonds is 4. The summed E-state index contributed by atoms with van der Waals surface area (Å²) in [4.78, 5) is 4.36. The average molecular weight is 346 g/mol. The van der Waals surface area contributed by atoms with Crippen LogP contribution in [0.1, 0.15) is 5.56 Å². The van der Waals surface area contributed by atoms with E-state index in [1.165, 1.54) is 6.20 Å². The van der Waals surface area contributed by atoms with E-state index in [4.69, 9.17) is 23.2 Å². The molecule has 2 aromatic carbocycles. The van der Waals surface area contributed by atoms with Crippen molar-refractivity contribution >= 4 is 46.3 Å². The molecule has 3 rings (SSSR count). The van der Waals surface area contributed by atoms with Gasteiger partial charge in [-0.05, 0) is 42.8 Å². The van der Waals surface area contributed by atoms with Crippen LogP contribution in [0.4, 0.5) is 23.1 Å². The van der Waals surface area contributed by atoms with Gasteiger partial charge >= 0.3 is 0 Å². The topological polar surface area (TPSA) is 62.7 Å². The standard InChI is InChI=1S/C16H13Cl2N5/c1-10-5-6-13(8-14(10)18)20-15-9-19-23-16(22-15)21-12-4-2-3-11(17)7-12/h2-9H,1H3,(H2,20,21,22,23). The molecular formula is C16H13Cl2N5. The Morgan fingerprint density at radius 1 is 0.957 bits per heavy atom. The van der Waals surface area contributed by atoms with Crippen LogP contribution in [0.15, 0.2) is 48.7 Å². The number of benzene rings is 2. The molecule has 0 saturated carbocycles. The predicted octanol–water partition coefficient (Wildman–Crippen LogP) is 4.97. The van der Waals surface area contributed by atoms with Crippen LogP contribution in [-0.4, -0.2) is 15.2 Å². The molecule has 0 fully saturated rings. The number of aromatic nitrogens is 3. The van der Waals surface area contributed by atoms with Crippen molar-refractivity contribution in [1.82, 2.24) is 15.2 Å². The second-order valence-electron chi connectivity index (χ2n) is 4.89. The third kappa shape index (κ3) is 4.09. The highest BCUT2D eigenvalue weighted by Gasteiger charge is 2.04. The van der Waals surface area contributed by atoms with Crippen molar-refractivity contribution in [3.05, 3.63) is 64.3 Å². The minimum atomic E-state index is 0.371. The Morgan fingerprint density at radius 2 is 1.78 bits per heavy atom. The molecule has 0 spiro atoms. The first kappa shape index (κ1) is 15.5. The molecule has 3 aromatic rings. The molecule has 1 aromatic heterocycles. The third-order valence-corrected chi connectivity index (χ3v) is 3.73. The molecule has 1 heterocycles. The summed E-state index contributed by atoms with van der Waals surface area (Å²) in [5.74, 6) is 0.930. The number of anilines is 4. The maximum atomic E-state index is 6.12. The van der Waals surface area contributed by atoms with Gasteiger partial charge in [0.2, 0.25) is 5.95 Å². The molecule has 5 nitrogen and oxygen atoms in total. The van der Waals surface area contributed by atoms with E-state index >= 15 is 0 Å². The summed E-state index contributed by atoms with van der Waals surface area (Å²) in [5, 5.41) is 15.4. The van der Waals surface area contributed by atoms with Crippen LogP contribution in [0.5, 0.6) is 0 Å². The van der Waals surface area contributed by atoms with E-state index in [1.807, 2.05) is 37.3 Å². The molecule has 0 saturated heterocycles. The molecule has 0 aliphatic heterocycles. The van der Waals surface area contributed by atoms with Gasteiger partial charge in [-0.15, -0.1) is 5.10 Å². The summed E-state index contributed by atoms with van der Waals surface area (Å²) in [5.41, 5.74) is 2.63. The Labute approximate surface area is 143 Å². The van der Waals surface area contributed by atoms with Crippen molar-refractivity contribution in [2.45, 2.75) is 6.92 Å². The SMILES string of the molecule is Cc1ccc(Nc2cnnc(Nc3cccc(Cl)c3)n2)cc1Cl. The van der Waals surface area contributed by atoms with Gasteiger partial charge in [-0.2, -0.15) is 10.1 Å². The normalized spacial score (nSPS) is 10.4. The summed E-state index contributed by atoms with van der Waals surface area (Å²) in [7, 11) is 0. The van der Waals surface area contributed by atoms with E-state index in [2.05, 4.69) is 25.8 Å². The van der Waals surface area contributed by atoms with Crippen LogP contribution in [0.25, 0.3) is 0 Å². The van der Waals surface area contributed by atoms with Crippen molar-refractivity contribution in [1.29, 1.82) is 0 Å². The van der Waals surface area contributed by atoms with Crippen LogP contribution in [-0.2, 0) is 0 Å². The summed E-state index contributed by atoms with van der Waals surface area (Å²) in [6.07, 6.45) is 1.54. The molecule has 7 heteroatoms. The van der Waals surface area contributed by atoms with Crippen molar-refractivity contribution in [3.63, 3.8) is 0 Å². The Bertz CT molecular complexity index is 838. The minimum absolute atomic E-state index is 0.371. The minimum Gasteiger partial charge on any atom is -0.339 e. The molecule has 0 radical (unpaired) electrons. The highest BCUT2D eigenvalue weighted by atomic mass is 35.5. The van der Waals surface area contributed by atoms with Crippen molar-refractivity contribution < 1.29 is 0 Å². The van der Waals surface area contributed by atoms with Crippen LogP contribution in [0.2, 0.25) is 10.0 Å². The molecule has 0 aliphatic rings. The maximum absolute atomic E-state index is 6.12. The zero-order valence-corrected chi connectivity index (χ0v) is 13.7. The van der Waals surface area contributed by atoms with Gasteiger partial charge in [-0.1, -0.05) is 35.3 Å². The van der Waals surface area contributed by atoms with E-state index in [1.54, 1.807) is 12.1 Å². The Hall–Kier alpha value is -2.37. The zero-order chi connectivity index (χ0) is 16.2. The maximum Gasteiger partial charge on any atom is 0.249 e. The largest absolute Gasteiger partial charge is 0.339 e. The van der Waals surface area contributed by atoms with Crippen LogP contribution >= 0.6 is 23.2 Å². The first-order valence-electron chi connectivity index (χ1n) is 6.86. The smallest absolute Gasteiger partial charge is 0.249 e. The van der Waals surface area contributed by atoms with Crippen LogP contribution in [0, 0.1) is 6.92 Å². The molecule has 0 amide bonds. The van der Waals surface area contributed by atoms with Gasteiger partial charge in [0, 0.05) is 21.4 Å². The molecule has 2 N–H and O–H groups in total. The first-order chi connectivity index (χ1) is 11.1. The quantitative estimate of drug-likeness (QED) is 0.698. The van der Waals surface area contributed by atoms with Gasteiger partial charge in [0.25, 0.3) is 0 Å². The highest BCUT2D eigenvalue weighted by Crippen LogP contribution is 2.23. The van der Waals surface area contributed by atoms with Crippen molar-refractivity contribution in [2.75, 3.05) is 10.6 Å². The van der Waals surface area contributed by atoms with Gasteiger partial charge in [-0.25, -0.2) is 0 Å². The zero-order valence-electron chi connectivity index (χ0n) is 12.2. The fourth-order valence-corrected chi connectivity index (χ4v) is 2.30. The lowest BCUT2D eigenvalue weighted by molar-refractivity contribution is 0.982. The van der Waals surface area contributed by atoms with E-state index in [-0.39, 0.29) is 0 Å². The number of nitrogens with zero attached hydrogens (tertiary/aromatic N) is 3. The van der Waals surface area contributed by atoms with E-state index in [0.717, 1.165) is 16.9 Å². The number of nitrogens with one attached hydrogen (secondary N) is 2. The first-order valence-corrected chi connectivity index (χ1v) is 7.61. The van der Waals surface area contributed by atoms with Gasteiger partial charge in [0.15, 0.2) is 5.82 Å². The Balaban J connectivity index is 1.78. The lowest BCUT2D eigenvalue weighted by Gasteiger charge is -2.09. The van der Waals surface area contributed by atoms with Crippen molar-refractivity contribution in [3.8, 4) is 0 Å². The summed E-state index contributed by atoms with van der Waals surface area (Å²) < 4.78 is 0. The summed E-state index contributed by atoms with van der Waals surface area (Å²) in [6, 6.07) is 13.0. The fraction of sp³-hybridized carbons (Fsp3) is 0.0625. The van der Waals surface area contributed by atoms with Gasteiger partial charge in [0.05, 0.1) is 6.20 Å². The molecule has 23 heavy (non-hydrogen) atoms. The second-order valence-corrected chi connectivity index (χ2v) is 5.73. The van der Waals surface area contributed by atoms with Crippen LogP contribution in [0.3, 0.4) is 0 Å².